The van der Waals surface area contributed by atoms with Gasteiger partial charge in [0.15, 0.2) is 0 Å². The average molecular weight is 256 g/mol. The third kappa shape index (κ3) is 2.59. The maximum absolute atomic E-state index is 12.7. The van der Waals surface area contributed by atoms with Crippen molar-refractivity contribution in [3.63, 3.8) is 0 Å². The summed E-state index contributed by atoms with van der Waals surface area (Å²) in [6.07, 6.45) is 0. The highest BCUT2D eigenvalue weighted by Gasteiger charge is 2.19. The van der Waals surface area contributed by atoms with Crippen LogP contribution < -0.4 is 5.73 Å². The van der Waals surface area contributed by atoms with E-state index < -0.39 is 15.7 Å². The van der Waals surface area contributed by atoms with Crippen LogP contribution in [0.15, 0.2) is 29.4 Å². The molecule has 0 aliphatic rings. The first-order chi connectivity index (χ1) is 7.97. The number of nitrogens with zero attached hydrogens (tertiary/aromatic N) is 2. The lowest BCUT2D eigenvalue weighted by molar-refractivity contribution is 0.586. The van der Waals surface area contributed by atoms with E-state index in [4.69, 9.17) is 5.73 Å². The lowest BCUT2D eigenvalue weighted by Gasteiger charge is -2.00. The second-order valence-corrected chi connectivity index (χ2v) is 5.29. The molecule has 90 valence electrons. The van der Waals surface area contributed by atoms with Gasteiger partial charge in [0.1, 0.15) is 5.82 Å². The van der Waals surface area contributed by atoms with Crippen LogP contribution in [0.4, 0.5) is 10.3 Å². The fourth-order valence-electron chi connectivity index (χ4n) is 1.27. The van der Waals surface area contributed by atoms with Crippen LogP contribution in [0.2, 0.25) is 0 Å². The topological polar surface area (TPSA) is 102 Å². The first-order valence-electron chi connectivity index (χ1n) is 4.62. The number of anilines is 1. The van der Waals surface area contributed by atoms with Gasteiger partial charge in [0.2, 0.25) is 20.9 Å². The summed E-state index contributed by atoms with van der Waals surface area (Å²) >= 11 is 0. The number of nitrogen functional groups attached to an aromatic ring is 1. The molecular formula is C9H9FN4O2S. The van der Waals surface area contributed by atoms with Gasteiger partial charge in [-0.2, -0.15) is 4.98 Å². The number of hydrogen-bond acceptors (Lipinski definition) is 5. The van der Waals surface area contributed by atoms with E-state index in [9.17, 15) is 12.8 Å². The summed E-state index contributed by atoms with van der Waals surface area (Å²) in [6.45, 7) is 0. The summed E-state index contributed by atoms with van der Waals surface area (Å²) in [7, 11) is -3.64. The fraction of sp³-hybridized carbons (Fsp3) is 0.111. The first-order valence-corrected chi connectivity index (χ1v) is 6.28. The van der Waals surface area contributed by atoms with Gasteiger partial charge in [-0.25, -0.2) is 17.9 Å². The normalized spacial score (nSPS) is 11.6. The van der Waals surface area contributed by atoms with Crippen molar-refractivity contribution in [3.05, 3.63) is 35.6 Å². The first kappa shape index (κ1) is 11.5. The lowest BCUT2D eigenvalue weighted by atomic mass is 10.2. The smallest absolute Gasteiger partial charge is 0.245 e. The van der Waals surface area contributed by atoms with Gasteiger partial charge in [-0.15, -0.1) is 5.10 Å². The van der Waals surface area contributed by atoms with Gasteiger partial charge in [0.25, 0.3) is 0 Å². The Hall–Kier alpha value is -1.96. The molecule has 1 aromatic carbocycles. The van der Waals surface area contributed by atoms with Crippen molar-refractivity contribution >= 4 is 15.8 Å². The van der Waals surface area contributed by atoms with E-state index in [-0.39, 0.29) is 16.9 Å². The van der Waals surface area contributed by atoms with E-state index in [1.54, 1.807) is 0 Å². The Balaban J connectivity index is 2.26. The Labute approximate surface area is 96.6 Å². The molecule has 0 unspecified atom stereocenters. The largest absolute Gasteiger partial charge is 0.366 e. The molecule has 0 atom stereocenters. The lowest BCUT2D eigenvalue weighted by Crippen LogP contribution is -2.07. The molecular weight excluding hydrogens is 247 g/mol. The van der Waals surface area contributed by atoms with E-state index >= 15 is 0 Å². The summed E-state index contributed by atoms with van der Waals surface area (Å²) in [6, 6.07) is 5.18. The molecule has 0 aliphatic heterocycles. The van der Waals surface area contributed by atoms with Gasteiger partial charge in [-0.05, 0) is 17.7 Å². The molecule has 0 saturated carbocycles. The number of halogens is 1. The van der Waals surface area contributed by atoms with Crippen LogP contribution in [0.1, 0.15) is 5.56 Å². The van der Waals surface area contributed by atoms with Crippen molar-refractivity contribution in [1.82, 2.24) is 15.2 Å². The van der Waals surface area contributed by atoms with Gasteiger partial charge in [-0.3, -0.25) is 0 Å². The van der Waals surface area contributed by atoms with Crippen molar-refractivity contribution in [1.29, 1.82) is 0 Å². The zero-order valence-electron chi connectivity index (χ0n) is 8.59. The van der Waals surface area contributed by atoms with Crippen molar-refractivity contribution in [2.45, 2.75) is 10.9 Å². The minimum Gasteiger partial charge on any atom is -0.366 e. The Kier molecular flexibility index (Phi) is 2.80. The Morgan fingerprint density at radius 1 is 1.29 bits per heavy atom. The molecule has 3 N–H and O–H groups in total. The van der Waals surface area contributed by atoms with E-state index in [0.29, 0.717) is 5.56 Å². The minimum absolute atomic E-state index is 0.136. The highest BCUT2D eigenvalue weighted by atomic mass is 32.2. The van der Waals surface area contributed by atoms with Crippen molar-refractivity contribution in [3.8, 4) is 0 Å². The Morgan fingerprint density at radius 2 is 1.94 bits per heavy atom. The molecule has 0 saturated heterocycles. The molecule has 0 amide bonds. The number of aromatic nitrogens is 3. The third-order valence-corrected chi connectivity index (χ3v) is 3.53. The summed E-state index contributed by atoms with van der Waals surface area (Å²) in [4.78, 5) is 3.55. The van der Waals surface area contributed by atoms with Crippen LogP contribution >= 0.6 is 0 Å². The zero-order valence-corrected chi connectivity index (χ0v) is 9.41. The van der Waals surface area contributed by atoms with E-state index in [1.807, 2.05) is 0 Å². The van der Waals surface area contributed by atoms with Crippen LogP contribution in [0.5, 0.6) is 0 Å². The predicted molar refractivity (Wildman–Crippen MR) is 58.1 cm³/mol. The number of nitrogens with one attached hydrogen (secondary N) is 1. The second-order valence-electron chi connectivity index (χ2n) is 3.38. The van der Waals surface area contributed by atoms with Crippen LogP contribution in [0.3, 0.4) is 0 Å². The third-order valence-electron chi connectivity index (χ3n) is 2.05. The molecule has 0 fully saturated rings. The molecule has 0 aliphatic carbocycles. The van der Waals surface area contributed by atoms with Crippen molar-refractivity contribution in [2.24, 2.45) is 0 Å². The van der Waals surface area contributed by atoms with Gasteiger partial charge in [-0.1, -0.05) is 12.1 Å². The molecule has 17 heavy (non-hydrogen) atoms. The van der Waals surface area contributed by atoms with Gasteiger partial charge >= 0.3 is 0 Å². The summed E-state index contributed by atoms with van der Waals surface area (Å²) in [5, 5.41) is 5.38. The van der Waals surface area contributed by atoms with Crippen LogP contribution in [0.25, 0.3) is 0 Å². The minimum atomic E-state index is -3.64. The van der Waals surface area contributed by atoms with E-state index in [2.05, 4.69) is 15.2 Å². The number of benzene rings is 1. The summed E-state index contributed by atoms with van der Waals surface area (Å²) in [5.41, 5.74) is 5.68. The second kappa shape index (κ2) is 4.13. The zero-order chi connectivity index (χ0) is 12.5. The van der Waals surface area contributed by atoms with E-state index in [0.717, 1.165) is 0 Å². The highest BCUT2D eigenvalue weighted by molar-refractivity contribution is 7.90. The predicted octanol–water partition coefficient (Wildman–Crippen LogP) is 0.500. The molecule has 0 bridgehead atoms. The van der Waals surface area contributed by atoms with Crippen LogP contribution in [-0.4, -0.2) is 23.6 Å². The van der Waals surface area contributed by atoms with Crippen LogP contribution in [-0.2, 0) is 15.6 Å². The standard InChI is InChI=1S/C9H9FN4O2S/c10-7-3-1-6(2-4-7)5-17(15,16)9-12-8(11)13-14-9/h1-4H,5H2,(H3,11,12,13,14). The molecule has 6 nitrogen and oxygen atoms in total. The van der Waals surface area contributed by atoms with E-state index in [1.165, 1.54) is 24.3 Å². The van der Waals surface area contributed by atoms with Crippen molar-refractivity contribution < 1.29 is 12.8 Å². The fourth-order valence-corrected chi connectivity index (χ4v) is 2.45. The highest BCUT2D eigenvalue weighted by Crippen LogP contribution is 2.13. The number of nitrogens with two attached hydrogens (primary N) is 1. The molecule has 0 spiro atoms. The number of hydrogen-bond donors (Lipinski definition) is 2. The van der Waals surface area contributed by atoms with Gasteiger partial charge in [0.05, 0.1) is 5.75 Å². The number of sulfone groups is 1. The Morgan fingerprint density at radius 3 is 2.47 bits per heavy atom. The maximum Gasteiger partial charge on any atom is 0.245 e. The quantitative estimate of drug-likeness (QED) is 0.832. The number of rotatable bonds is 3. The monoisotopic (exact) mass is 256 g/mol. The SMILES string of the molecule is Nc1n[nH]c(S(=O)(=O)Cc2ccc(F)cc2)n1. The molecule has 0 radical (unpaired) electrons. The summed E-state index contributed by atoms with van der Waals surface area (Å²) < 4.78 is 36.3. The molecule has 2 rings (SSSR count). The summed E-state index contributed by atoms with van der Waals surface area (Å²) in [5.74, 6) is -0.847. The average Bonchev–Trinajstić information content (AvgIpc) is 2.69. The van der Waals surface area contributed by atoms with Gasteiger partial charge in [0, 0.05) is 0 Å². The molecule has 1 aromatic heterocycles. The van der Waals surface area contributed by atoms with Gasteiger partial charge < -0.3 is 5.73 Å². The molecule has 1 heterocycles. The maximum atomic E-state index is 12.7. The number of aromatic amines is 1. The molecule has 2 aromatic rings. The van der Waals surface area contributed by atoms with Crippen molar-refractivity contribution in [2.75, 3.05) is 5.73 Å². The Bertz CT molecular complexity index is 621. The molecule has 8 heteroatoms. The van der Waals surface area contributed by atoms with Crippen LogP contribution in [0, 0.1) is 5.82 Å². The number of H-pyrrole nitrogens is 1.